The lowest BCUT2D eigenvalue weighted by atomic mass is 9.84. The van der Waals surface area contributed by atoms with E-state index < -0.39 is 15.7 Å². The number of nitrogens with zero attached hydrogens (tertiary/aromatic N) is 3. The molecule has 0 spiro atoms. The number of nitrogens with one attached hydrogen (secondary N) is 1. The van der Waals surface area contributed by atoms with E-state index in [1.807, 2.05) is 29.2 Å². The molecule has 1 aliphatic rings. The van der Waals surface area contributed by atoms with Crippen molar-refractivity contribution in [1.82, 2.24) is 9.97 Å². The van der Waals surface area contributed by atoms with Crippen molar-refractivity contribution in [2.75, 3.05) is 29.6 Å². The van der Waals surface area contributed by atoms with Crippen molar-refractivity contribution >= 4 is 54.6 Å². The fourth-order valence-corrected chi connectivity index (χ4v) is 5.90. The van der Waals surface area contributed by atoms with Gasteiger partial charge in [-0.2, -0.15) is 0 Å². The molecule has 0 saturated carbocycles. The first-order valence-electron chi connectivity index (χ1n) is 12.0. The molecule has 0 radical (unpaired) electrons. The predicted octanol–water partition coefficient (Wildman–Crippen LogP) is 4.96. The molecule has 1 amide bonds. The van der Waals surface area contributed by atoms with Crippen LogP contribution in [0, 0.1) is 11.3 Å². The Balaban J connectivity index is 1.52. The SMILES string of the molecule is CC(C)(C)CC(=O)CC1CCN(c2ncc(S(C)(=O)=O)cc2NC(=O)c2nc3ccccc3s2)CC1. The van der Waals surface area contributed by atoms with Gasteiger partial charge in [-0.1, -0.05) is 32.9 Å². The van der Waals surface area contributed by atoms with E-state index in [2.05, 4.69) is 36.1 Å². The van der Waals surface area contributed by atoms with Crippen LogP contribution >= 0.6 is 11.3 Å². The summed E-state index contributed by atoms with van der Waals surface area (Å²) in [5.41, 5.74) is 1.06. The van der Waals surface area contributed by atoms with E-state index in [9.17, 15) is 18.0 Å². The standard InChI is InChI=1S/C26H32N4O4S2/c1-26(2,3)15-18(31)13-17-9-11-30(12-10-17)23-21(14-19(16-27-23)36(4,33)34)28-24(32)25-29-20-7-5-6-8-22(20)35-25/h5-8,14,16-17H,9-13,15H2,1-4H3,(H,28,32). The maximum Gasteiger partial charge on any atom is 0.284 e. The Hall–Kier alpha value is -2.85. The fourth-order valence-electron chi connectivity index (χ4n) is 4.46. The monoisotopic (exact) mass is 528 g/mol. The van der Waals surface area contributed by atoms with Crippen molar-refractivity contribution in [2.45, 2.75) is 51.3 Å². The number of fused-ring (bicyclic) bond motifs is 1. The van der Waals surface area contributed by atoms with Gasteiger partial charge in [0.15, 0.2) is 20.7 Å². The molecule has 0 unspecified atom stereocenters. The summed E-state index contributed by atoms with van der Waals surface area (Å²) in [6, 6.07) is 8.96. The van der Waals surface area contributed by atoms with Gasteiger partial charge in [0.2, 0.25) is 0 Å². The minimum atomic E-state index is -3.51. The summed E-state index contributed by atoms with van der Waals surface area (Å²) < 4.78 is 25.3. The molecule has 0 atom stereocenters. The number of carbonyl (C=O) groups excluding carboxylic acids is 2. The highest BCUT2D eigenvalue weighted by Gasteiger charge is 2.27. The normalized spacial score (nSPS) is 15.3. The molecule has 3 heterocycles. The zero-order valence-corrected chi connectivity index (χ0v) is 22.7. The summed E-state index contributed by atoms with van der Waals surface area (Å²) in [5, 5.41) is 3.15. The second-order valence-corrected chi connectivity index (χ2v) is 13.7. The van der Waals surface area contributed by atoms with Crippen LogP contribution in [0.3, 0.4) is 0 Å². The Morgan fingerprint density at radius 3 is 2.50 bits per heavy atom. The third kappa shape index (κ3) is 6.47. The Labute approximate surface area is 216 Å². The summed E-state index contributed by atoms with van der Waals surface area (Å²) in [4.78, 5) is 36.5. The topological polar surface area (TPSA) is 109 Å². The van der Waals surface area contributed by atoms with Crippen molar-refractivity contribution in [1.29, 1.82) is 0 Å². The number of piperidine rings is 1. The number of thiazole rings is 1. The highest BCUT2D eigenvalue weighted by molar-refractivity contribution is 7.90. The number of aromatic nitrogens is 2. The first-order chi connectivity index (χ1) is 16.9. The maximum absolute atomic E-state index is 13.1. The number of rotatable bonds is 7. The molecule has 2 aromatic heterocycles. The summed E-state index contributed by atoms with van der Waals surface area (Å²) in [5.74, 6) is 0.719. The summed E-state index contributed by atoms with van der Waals surface area (Å²) in [6.45, 7) is 7.56. The molecule has 8 nitrogen and oxygen atoms in total. The molecule has 1 fully saturated rings. The smallest absolute Gasteiger partial charge is 0.284 e. The zero-order valence-electron chi connectivity index (χ0n) is 21.1. The van der Waals surface area contributed by atoms with Crippen molar-refractivity contribution < 1.29 is 18.0 Å². The predicted molar refractivity (Wildman–Crippen MR) is 144 cm³/mol. The molecule has 10 heteroatoms. The van der Waals surface area contributed by atoms with Gasteiger partial charge in [0.05, 0.1) is 20.8 Å². The van der Waals surface area contributed by atoms with E-state index >= 15 is 0 Å². The Kier molecular flexibility index (Phi) is 7.47. The first-order valence-corrected chi connectivity index (χ1v) is 14.7. The van der Waals surface area contributed by atoms with Gasteiger partial charge >= 0.3 is 0 Å². The van der Waals surface area contributed by atoms with Crippen molar-refractivity contribution in [3.8, 4) is 0 Å². The van der Waals surface area contributed by atoms with Gasteiger partial charge in [-0.25, -0.2) is 18.4 Å². The van der Waals surface area contributed by atoms with Crippen LogP contribution in [0.5, 0.6) is 0 Å². The number of hydrogen-bond acceptors (Lipinski definition) is 8. The average molecular weight is 529 g/mol. The highest BCUT2D eigenvalue weighted by Crippen LogP contribution is 2.32. The quantitative estimate of drug-likeness (QED) is 0.462. The van der Waals surface area contributed by atoms with Crippen LogP contribution in [-0.2, 0) is 14.6 Å². The van der Waals surface area contributed by atoms with Gasteiger partial charge in [-0.05, 0) is 42.4 Å². The Morgan fingerprint density at radius 2 is 1.86 bits per heavy atom. The van der Waals surface area contributed by atoms with Gasteiger partial charge in [0.25, 0.3) is 5.91 Å². The minimum Gasteiger partial charge on any atom is -0.355 e. The van der Waals surface area contributed by atoms with E-state index in [4.69, 9.17) is 0 Å². The molecular weight excluding hydrogens is 496 g/mol. The van der Waals surface area contributed by atoms with Gasteiger partial charge in [-0.3, -0.25) is 9.59 Å². The van der Waals surface area contributed by atoms with E-state index in [-0.39, 0.29) is 10.3 Å². The van der Waals surface area contributed by atoms with E-state index in [1.165, 1.54) is 23.6 Å². The molecule has 1 saturated heterocycles. The van der Waals surface area contributed by atoms with Crippen molar-refractivity contribution in [2.24, 2.45) is 11.3 Å². The van der Waals surface area contributed by atoms with Crippen LogP contribution in [0.15, 0.2) is 41.4 Å². The molecule has 0 aliphatic carbocycles. The highest BCUT2D eigenvalue weighted by atomic mass is 32.2. The number of benzene rings is 1. The average Bonchev–Trinajstić information content (AvgIpc) is 3.22. The number of anilines is 2. The first kappa shape index (κ1) is 26.2. The Bertz CT molecular complexity index is 1350. The van der Waals surface area contributed by atoms with Crippen LogP contribution in [0.25, 0.3) is 10.2 Å². The lowest BCUT2D eigenvalue weighted by Gasteiger charge is -2.34. The summed E-state index contributed by atoms with van der Waals surface area (Å²) in [7, 11) is -3.51. The van der Waals surface area contributed by atoms with Crippen molar-refractivity contribution in [3.63, 3.8) is 0 Å². The van der Waals surface area contributed by atoms with Gasteiger partial charge in [-0.15, -0.1) is 11.3 Å². The van der Waals surface area contributed by atoms with Crippen molar-refractivity contribution in [3.05, 3.63) is 41.5 Å². The number of amides is 1. The van der Waals surface area contributed by atoms with Crippen LogP contribution in [0.1, 0.15) is 56.3 Å². The third-order valence-electron chi connectivity index (χ3n) is 6.16. The van der Waals surface area contributed by atoms with E-state index in [1.54, 1.807) is 0 Å². The molecule has 3 aromatic rings. The van der Waals surface area contributed by atoms with Gasteiger partial charge in [0.1, 0.15) is 5.78 Å². The summed E-state index contributed by atoms with van der Waals surface area (Å²) in [6.07, 6.45) is 5.25. The van der Waals surface area contributed by atoms with E-state index in [0.29, 0.717) is 54.1 Å². The Morgan fingerprint density at radius 1 is 1.17 bits per heavy atom. The second-order valence-electron chi connectivity index (χ2n) is 10.7. The maximum atomic E-state index is 13.1. The lowest BCUT2D eigenvalue weighted by Crippen LogP contribution is -2.36. The molecule has 4 rings (SSSR count). The van der Waals surface area contributed by atoms with Crippen LogP contribution < -0.4 is 10.2 Å². The lowest BCUT2D eigenvalue weighted by molar-refractivity contribution is -0.121. The minimum absolute atomic E-state index is 0.0144. The number of ketones is 1. The molecule has 192 valence electrons. The molecule has 1 aliphatic heterocycles. The number of sulfone groups is 1. The zero-order chi connectivity index (χ0) is 26.1. The second kappa shape index (κ2) is 10.3. The van der Waals surface area contributed by atoms with Crippen LogP contribution in [0.4, 0.5) is 11.5 Å². The number of hydrogen-bond donors (Lipinski definition) is 1. The van der Waals surface area contributed by atoms with Crippen LogP contribution in [0.2, 0.25) is 0 Å². The molecule has 0 bridgehead atoms. The largest absolute Gasteiger partial charge is 0.355 e. The molecular formula is C26H32N4O4S2. The third-order valence-corrected chi connectivity index (χ3v) is 8.28. The molecule has 36 heavy (non-hydrogen) atoms. The summed E-state index contributed by atoms with van der Waals surface area (Å²) >= 11 is 1.28. The number of carbonyl (C=O) groups is 2. The van der Waals surface area contributed by atoms with Crippen LogP contribution in [-0.4, -0.2) is 49.4 Å². The number of para-hydroxylation sites is 1. The number of Topliss-reactive ketones (excluding diaryl/α,β-unsaturated/α-hetero) is 1. The van der Waals surface area contributed by atoms with E-state index in [0.717, 1.165) is 29.3 Å². The van der Waals surface area contributed by atoms with Gasteiger partial charge in [0, 0.05) is 38.4 Å². The number of pyridine rings is 1. The molecule has 1 aromatic carbocycles. The van der Waals surface area contributed by atoms with Gasteiger partial charge < -0.3 is 10.2 Å². The fraction of sp³-hybridized carbons (Fsp3) is 0.462. The molecule has 1 N–H and O–H groups in total.